The van der Waals surface area contributed by atoms with Gasteiger partial charge >= 0.3 is 0 Å². The van der Waals surface area contributed by atoms with Gasteiger partial charge < -0.3 is 14.2 Å². The molecule has 118 valence electrons. The van der Waals surface area contributed by atoms with Crippen molar-refractivity contribution < 1.29 is 14.1 Å². The summed E-state index contributed by atoms with van der Waals surface area (Å²) in [6, 6.07) is 1.38. The molecule has 3 rings (SSSR count). The smallest absolute Gasteiger partial charge is 0.275 e. The maximum Gasteiger partial charge on any atom is 0.275 e. The van der Waals surface area contributed by atoms with E-state index in [4.69, 9.17) is 9.26 Å². The van der Waals surface area contributed by atoms with Crippen LogP contribution in [0.2, 0.25) is 0 Å². The zero-order chi connectivity index (χ0) is 15.7. The summed E-state index contributed by atoms with van der Waals surface area (Å²) in [5, 5.41) is 10.8. The highest BCUT2D eigenvalue weighted by Crippen LogP contribution is 2.29. The molecule has 1 aliphatic rings. The van der Waals surface area contributed by atoms with Crippen molar-refractivity contribution in [3.05, 3.63) is 29.2 Å². The number of ether oxygens (including phenoxy) is 1. The van der Waals surface area contributed by atoms with Gasteiger partial charge in [0.1, 0.15) is 11.7 Å². The first-order valence-corrected chi connectivity index (χ1v) is 7.37. The Morgan fingerprint density at radius 1 is 1.55 bits per heavy atom. The molecular weight excluding hydrogens is 286 g/mol. The molecule has 0 spiro atoms. The van der Waals surface area contributed by atoms with Gasteiger partial charge in [0, 0.05) is 12.2 Å². The van der Waals surface area contributed by atoms with Crippen molar-refractivity contribution >= 4 is 5.91 Å². The highest BCUT2D eigenvalue weighted by Gasteiger charge is 2.38. The van der Waals surface area contributed by atoms with E-state index in [0.29, 0.717) is 30.6 Å². The number of carbonyl (C=O) groups is 1. The lowest BCUT2D eigenvalue weighted by molar-refractivity contribution is -0.0602. The highest BCUT2D eigenvalue weighted by atomic mass is 16.5. The topological polar surface area (TPSA) is 97.1 Å². The second-order valence-electron chi connectivity index (χ2n) is 5.33. The van der Waals surface area contributed by atoms with Crippen LogP contribution in [0.3, 0.4) is 0 Å². The van der Waals surface area contributed by atoms with E-state index in [9.17, 15) is 4.79 Å². The fourth-order valence-electron chi connectivity index (χ4n) is 2.62. The van der Waals surface area contributed by atoms with E-state index in [1.165, 1.54) is 0 Å². The van der Waals surface area contributed by atoms with Crippen molar-refractivity contribution in [2.24, 2.45) is 0 Å². The molecule has 2 aromatic rings. The van der Waals surface area contributed by atoms with Crippen LogP contribution in [0.1, 0.15) is 47.8 Å². The third kappa shape index (κ3) is 2.61. The molecule has 0 radical (unpaired) electrons. The molecule has 0 aromatic carbocycles. The van der Waals surface area contributed by atoms with Crippen LogP contribution in [0.25, 0.3) is 0 Å². The number of aryl methyl sites for hydroxylation is 2. The number of nitrogens with one attached hydrogen (secondary N) is 1. The summed E-state index contributed by atoms with van der Waals surface area (Å²) in [6.45, 7) is 6.58. The van der Waals surface area contributed by atoms with Gasteiger partial charge in [-0.15, -0.1) is 0 Å². The second-order valence-corrected chi connectivity index (χ2v) is 5.33. The van der Waals surface area contributed by atoms with E-state index in [0.717, 1.165) is 12.1 Å². The summed E-state index contributed by atoms with van der Waals surface area (Å²) in [6.07, 6.45) is 0.577. The van der Waals surface area contributed by atoms with E-state index in [2.05, 4.69) is 20.3 Å². The van der Waals surface area contributed by atoms with E-state index in [1.54, 1.807) is 17.9 Å². The maximum absolute atomic E-state index is 12.8. The zero-order valence-electron chi connectivity index (χ0n) is 12.9. The third-order valence-electron chi connectivity index (χ3n) is 3.78. The molecule has 22 heavy (non-hydrogen) atoms. The van der Waals surface area contributed by atoms with E-state index >= 15 is 0 Å². The van der Waals surface area contributed by atoms with E-state index < -0.39 is 6.04 Å². The number of aromatic amines is 1. The van der Waals surface area contributed by atoms with Crippen LogP contribution in [0.5, 0.6) is 0 Å². The summed E-state index contributed by atoms with van der Waals surface area (Å²) in [7, 11) is 0. The number of hydrogen-bond acceptors (Lipinski definition) is 6. The molecule has 2 aromatic heterocycles. The minimum absolute atomic E-state index is 0.160. The third-order valence-corrected chi connectivity index (χ3v) is 3.78. The van der Waals surface area contributed by atoms with Crippen LogP contribution in [0.4, 0.5) is 0 Å². The molecule has 8 heteroatoms. The minimum Gasteiger partial charge on any atom is -0.374 e. The van der Waals surface area contributed by atoms with Gasteiger partial charge in [0.05, 0.1) is 12.7 Å². The number of morpholine rings is 1. The molecule has 0 unspecified atom stereocenters. The summed E-state index contributed by atoms with van der Waals surface area (Å²) in [5.41, 5.74) is 1.32. The van der Waals surface area contributed by atoms with Crippen molar-refractivity contribution in [3.8, 4) is 0 Å². The Hall–Kier alpha value is -2.22. The molecule has 1 amide bonds. The van der Waals surface area contributed by atoms with Gasteiger partial charge in [-0.1, -0.05) is 12.1 Å². The first-order valence-electron chi connectivity index (χ1n) is 7.37. The molecule has 3 heterocycles. The van der Waals surface area contributed by atoms with Crippen LogP contribution < -0.4 is 0 Å². The van der Waals surface area contributed by atoms with Gasteiger partial charge in [-0.3, -0.25) is 9.89 Å². The molecule has 0 saturated carbocycles. The lowest BCUT2D eigenvalue weighted by Crippen LogP contribution is -2.47. The van der Waals surface area contributed by atoms with Gasteiger partial charge in [-0.2, -0.15) is 10.1 Å². The standard InChI is InChI=1S/C14H19N5O3/c1-4-10-7-11(17-16-10)14(20)19-5-6-21-8(2)12(19)13-15-9(3)18-22-13/h7-8,12H,4-6H2,1-3H3,(H,16,17)/t8-,12+/m1/s1. The molecule has 1 N–H and O–H groups in total. The normalized spacial score (nSPS) is 22.0. The van der Waals surface area contributed by atoms with E-state index in [1.807, 2.05) is 13.8 Å². The summed E-state index contributed by atoms with van der Waals surface area (Å²) < 4.78 is 10.9. The maximum atomic E-state index is 12.8. The average Bonchev–Trinajstić information content (AvgIpc) is 3.15. The molecule has 8 nitrogen and oxygen atoms in total. The average molecular weight is 305 g/mol. The quantitative estimate of drug-likeness (QED) is 0.917. The number of rotatable bonds is 3. The van der Waals surface area contributed by atoms with Crippen LogP contribution in [0, 0.1) is 6.92 Å². The first kappa shape index (κ1) is 14.7. The molecule has 0 aliphatic carbocycles. The number of aromatic nitrogens is 4. The minimum atomic E-state index is -0.399. The van der Waals surface area contributed by atoms with Gasteiger partial charge in [-0.05, 0) is 26.3 Å². The predicted molar refractivity (Wildman–Crippen MR) is 76.2 cm³/mol. The number of nitrogens with zero attached hydrogens (tertiary/aromatic N) is 4. The van der Waals surface area contributed by atoms with Gasteiger partial charge in [0.15, 0.2) is 5.82 Å². The zero-order valence-corrected chi connectivity index (χ0v) is 12.9. The van der Waals surface area contributed by atoms with Crippen LogP contribution in [-0.4, -0.2) is 50.4 Å². The van der Waals surface area contributed by atoms with Crippen molar-refractivity contribution in [1.82, 2.24) is 25.2 Å². The highest BCUT2D eigenvalue weighted by molar-refractivity contribution is 5.92. The molecule has 1 saturated heterocycles. The largest absolute Gasteiger partial charge is 0.374 e. The summed E-state index contributed by atoms with van der Waals surface area (Å²) >= 11 is 0. The second kappa shape index (κ2) is 5.88. The lowest BCUT2D eigenvalue weighted by Gasteiger charge is -2.37. The molecular formula is C14H19N5O3. The van der Waals surface area contributed by atoms with E-state index in [-0.39, 0.29) is 12.0 Å². The fourth-order valence-corrected chi connectivity index (χ4v) is 2.62. The Balaban J connectivity index is 1.90. The van der Waals surface area contributed by atoms with Crippen LogP contribution in [0.15, 0.2) is 10.6 Å². The number of carbonyl (C=O) groups excluding carboxylic acids is 1. The molecule has 1 fully saturated rings. The summed E-state index contributed by atoms with van der Waals surface area (Å²) in [5.74, 6) is 0.768. The Kier molecular flexibility index (Phi) is 3.93. The molecule has 1 aliphatic heterocycles. The number of H-pyrrole nitrogens is 1. The van der Waals surface area contributed by atoms with Gasteiger partial charge in [-0.25, -0.2) is 0 Å². The van der Waals surface area contributed by atoms with Crippen LogP contribution >= 0.6 is 0 Å². The van der Waals surface area contributed by atoms with Crippen LogP contribution in [-0.2, 0) is 11.2 Å². The Labute approximate surface area is 127 Å². The molecule has 0 bridgehead atoms. The fraction of sp³-hybridized carbons (Fsp3) is 0.571. The van der Waals surface area contributed by atoms with Crippen molar-refractivity contribution in [2.75, 3.05) is 13.2 Å². The molecule has 2 atom stereocenters. The number of hydrogen-bond donors (Lipinski definition) is 1. The Bertz CT molecular complexity index is 665. The van der Waals surface area contributed by atoms with Crippen molar-refractivity contribution in [2.45, 2.75) is 39.3 Å². The Morgan fingerprint density at radius 2 is 2.36 bits per heavy atom. The van der Waals surface area contributed by atoms with Gasteiger partial charge in [0.25, 0.3) is 11.8 Å². The summed E-state index contributed by atoms with van der Waals surface area (Å²) in [4.78, 5) is 18.7. The Morgan fingerprint density at radius 3 is 3.00 bits per heavy atom. The SMILES string of the molecule is CCc1cc(C(=O)N2CCO[C@H](C)[C@H]2c2nc(C)no2)n[nH]1. The lowest BCUT2D eigenvalue weighted by atomic mass is 10.1. The first-order chi connectivity index (χ1) is 10.6. The number of amides is 1. The van der Waals surface area contributed by atoms with Crippen molar-refractivity contribution in [1.29, 1.82) is 0 Å². The monoisotopic (exact) mass is 305 g/mol. The predicted octanol–water partition coefficient (Wildman–Crippen LogP) is 1.27. The van der Waals surface area contributed by atoms with Gasteiger partial charge in [0.2, 0.25) is 0 Å². The van der Waals surface area contributed by atoms with Crippen molar-refractivity contribution in [3.63, 3.8) is 0 Å².